The van der Waals surface area contributed by atoms with E-state index in [1.165, 1.54) is 13.8 Å². The molecule has 1 aromatic carbocycles. The molecule has 0 fully saturated rings. The molecule has 0 saturated carbocycles. The Morgan fingerprint density at radius 1 is 1.35 bits per heavy atom. The minimum atomic E-state index is -4.01. The van der Waals surface area contributed by atoms with Crippen molar-refractivity contribution in [1.29, 1.82) is 0 Å². The fourth-order valence-corrected chi connectivity index (χ4v) is 3.97. The second-order valence-corrected chi connectivity index (χ2v) is 7.61. The zero-order valence-corrected chi connectivity index (χ0v) is 13.7. The summed E-state index contributed by atoms with van der Waals surface area (Å²) in [5, 5.41) is 8.96. The van der Waals surface area contributed by atoms with Crippen molar-refractivity contribution in [2.75, 3.05) is 13.1 Å². The third kappa shape index (κ3) is 3.83. The number of likely N-dealkylation sites (N-methyl/N-ethyl adjacent to an activating group) is 1. The van der Waals surface area contributed by atoms with Gasteiger partial charge in [0.15, 0.2) is 5.82 Å². The summed E-state index contributed by atoms with van der Waals surface area (Å²) in [5.41, 5.74) is -1.22. The standard InChI is InChI=1S/C12H16Cl2FNO3S/c1-4-16(7-12(2,3)17)20(18,19)9-6-5-8(13)11(15)10(9)14/h5-6,17H,4,7H2,1-3H3. The first-order chi connectivity index (χ1) is 9.00. The molecule has 0 bridgehead atoms. The number of halogens is 3. The van der Waals surface area contributed by atoms with Gasteiger partial charge in [0, 0.05) is 13.1 Å². The molecule has 0 aromatic heterocycles. The van der Waals surface area contributed by atoms with E-state index in [0.717, 1.165) is 16.4 Å². The topological polar surface area (TPSA) is 57.6 Å². The van der Waals surface area contributed by atoms with Crippen molar-refractivity contribution in [2.24, 2.45) is 0 Å². The van der Waals surface area contributed by atoms with Crippen LogP contribution in [0.5, 0.6) is 0 Å². The fourth-order valence-electron chi connectivity index (χ4n) is 1.64. The van der Waals surface area contributed by atoms with Gasteiger partial charge >= 0.3 is 0 Å². The maximum atomic E-state index is 13.6. The van der Waals surface area contributed by atoms with Crippen molar-refractivity contribution in [1.82, 2.24) is 4.31 Å². The zero-order valence-electron chi connectivity index (χ0n) is 11.3. The third-order valence-corrected chi connectivity index (χ3v) is 5.27. The van der Waals surface area contributed by atoms with Gasteiger partial charge < -0.3 is 5.11 Å². The van der Waals surface area contributed by atoms with Gasteiger partial charge in [0.05, 0.1) is 15.6 Å². The van der Waals surface area contributed by atoms with Crippen LogP contribution in [0, 0.1) is 5.82 Å². The van der Waals surface area contributed by atoms with E-state index in [4.69, 9.17) is 23.2 Å². The molecule has 0 saturated heterocycles. The second kappa shape index (κ2) is 6.15. The van der Waals surface area contributed by atoms with Crippen LogP contribution in [-0.2, 0) is 10.0 Å². The van der Waals surface area contributed by atoms with E-state index in [9.17, 15) is 17.9 Å². The maximum absolute atomic E-state index is 13.6. The van der Waals surface area contributed by atoms with Gasteiger partial charge in [-0.2, -0.15) is 4.31 Å². The lowest BCUT2D eigenvalue weighted by molar-refractivity contribution is 0.0601. The van der Waals surface area contributed by atoms with Crippen LogP contribution in [0.2, 0.25) is 10.0 Å². The van der Waals surface area contributed by atoms with Gasteiger partial charge in [-0.05, 0) is 26.0 Å². The summed E-state index contributed by atoms with van der Waals surface area (Å²) >= 11 is 11.3. The molecule has 4 nitrogen and oxygen atoms in total. The smallest absolute Gasteiger partial charge is 0.244 e. The average molecular weight is 344 g/mol. The lowest BCUT2D eigenvalue weighted by Gasteiger charge is -2.27. The molecule has 0 radical (unpaired) electrons. The van der Waals surface area contributed by atoms with Crippen LogP contribution in [0.25, 0.3) is 0 Å². The summed E-state index contributed by atoms with van der Waals surface area (Å²) in [4.78, 5) is -0.368. The Morgan fingerprint density at radius 3 is 2.35 bits per heavy atom. The number of hydrogen-bond donors (Lipinski definition) is 1. The van der Waals surface area contributed by atoms with Crippen molar-refractivity contribution in [2.45, 2.75) is 31.3 Å². The molecule has 0 aliphatic heterocycles. The first-order valence-electron chi connectivity index (χ1n) is 5.86. The molecule has 0 unspecified atom stereocenters. The largest absolute Gasteiger partial charge is 0.389 e. The fraction of sp³-hybridized carbons (Fsp3) is 0.500. The highest BCUT2D eigenvalue weighted by molar-refractivity contribution is 7.89. The van der Waals surface area contributed by atoms with Gasteiger partial charge in [0.1, 0.15) is 4.90 Å². The molecular weight excluding hydrogens is 328 g/mol. The summed E-state index contributed by atoms with van der Waals surface area (Å²) in [6.45, 7) is 4.56. The molecule has 8 heteroatoms. The Hall–Kier alpha value is -0.400. The van der Waals surface area contributed by atoms with Gasteiger partial charge in [0.25, 0.3) is 0 Å². The summed E-state index contributed by atoms with van der Waals surface area (Å²) in [6, 6.07) is 2.28. The lowest BCUT2D eigenvalue weighted by Crippen LogP contribution is -2.42. The minimum Gasteiger partial charge on any atom is -0.389 e. The van der Waals surface area contributed by atoms with Crippen LogP contribution in [-0.4, -0.2) is 36.5 Å². The molecule has 114 valence electrons. The van der Waals surface area contributed by atoms with E-state index in [0.29, 0.717) is 0 Å². The van der Waals surface area contributed by atoms with E-state index < -0.39 is 26.5 Å². The molecule has 0 amide bonds. The average Bonchev–Trinajstić information content (AvgIpc) is 2.31. The number of rotatable bonds is 5. The molecular formula is C12H16Cl2FNO3S. The monoisotopic (exact) mass is 343 g/mol. The maximum Gasteiger partial charge on any atom is 0.244 e. The number of hydrogen-bond acceptors (Lipinski definition) is 3. The molecule has 1 N–H and O–H groups in total. The number of benzene rings is 1. The van der Waals surface area contributed by atoms with Gasteiger partial charge in [-0.25, -0.2) is 12.8 Å². The van der Waals surface area contributed by atoms with Crippen molar-refractivity contribution in [3.8, 4) is 0 Å². The Labute approximate surface area is 128 Å². The van der Waals surface area contributed by atoms with E-state index in [1.807, 2.05) is 0 Å². The molecule has 0 spiro atoms. The first-order valence-corrected chi connectivity index (χ1v) is 8.06. The first kappa shape index (κ1) is 17.7. The molecule has 1 rings (SSSR count). The Morgan fingerprint density at radius 2 is 1.90 bits per heavy atom. The number of sulfonamides is 1. The quantitative estimate of drug-likeness (QED) is 0.836. The van der Waals surface area contributed by atoms with Crippen molar-refractivity contribution >= 4 is 33.2 Å². The number of nitrogens with zero attached hydrogens (tertiary/aromatic N) is 1. The van der Waals surface area contributed by atoms with Crippen LogP contribution in [0.4, 0.5) is 4.39 Å². The van der Waals surface area contributed by atoms with Crippen LogP contribution in [0.15, 0.2) is 17.0 Å². The van der Waals surface area contributed by atoms with Crippen molar-refractivity contribution in [3.05, 3.63) is 28.0 Å². The Balaban J connectivity index is 3.32. The highest BCUT2D eigenvalue weighted by Crippen LogP contribution is 2.31. The zero-order chi connectivity index (χ0) is 15.7. The van der Waals surface area contributed by atoms with Crippen LogP contribution < -0.4 is 0 Å². The summed E-state index contributed by atoms with van der Waals surface area (Å²) < 4.78 is 39.6. The van der Waals surface area contributed by atoms with Gasteiger partial charge in [-0.1, -0.05) is 30.1 Å². The van der Waals surface area contributed by atoms with Crippen LogP contribution in [0.1, 0.15) is 20.8 Å². The highest BCUT2D eigenvalue weighted by Gasteiger charge is 2.31. The van der Waals surface area contributed by atoms with E-state index in [2.05, 4.69) is 0 Å². The SMILES string of the molecule is CCN(CC(C)(C)O)S(=O)(=O)c1ccc(Cl)c(F)c1Cl. The molecule has 0 aliphatic carbocycles. The van der Waals surface area contributed by atoms with Crippen LogP contribution >= 0.6 is 23.2 Å². The summed E-state index contributed by atoms with van der Waals surface area (Å²) in [5.74, 6) is -0.978. The molecule has 0 heterocycles. The van der Waals surface area contributed by atoms with Gasteiger partial charge in [0.2, 0.25) is 10.0 Å². The molecule has 1 aromatic rings. The van der Waals surface area contributed by atoms with Crippen LogP contribution in [0.3, 0.4) is 0 Å². The Kier molecular flexibility index (Phi) is 5.43. The van der Waals surface area contributed by atoms with E-state index in [-0.39, 0.29) is 23.0 Å². The minimum absolute atomic E-state index is 0.118. The normalized spacial score (nSPS) is 13.0. The lowest BCUT2D eigenvalue weighted by atomic mass is 10.1. The van der Waals surface area contributed by atoms with Crippen molar-refractivity contribution < 1.29 is 17.9 Å². The molecule has 20 heavy (non-hydrogen) atoms. The molecule has 0 atom stereocenters. The van der Waals surface area contributed by atoms with E-state index >= 15 is 0 Å². The van der Waals surface area contributed by atoms with E-state index in [1.54, 1.807) is 6.92 Å². The third-order valence-electron chi connectivity index (χ3n) is 2.53. The summed E-state index contributed by atoms with van der Waals surface area (Å²) in [6.07, 6.45) is 0. The summed E-state index contributed by atoms with van der Waals surface area (Å²) in [7, 11) is -4.01. The predicted molar refractivity (Wildman–Crippen MR) is 77.2 cm³/mol. The van der Waals surface area contributed by atoms with Crippen molar-refractivity contribution in [3.63, 3.8) is 0 Å². The van der Waals surface area contributed by atoms with Gasteiger partial charge in [-0.3, -0.25) is 0 Å². The number of aliphatic hydroxyl groups is 1. The predicted octanol–water partition coefficient (Wildman–Crippen LogP) is 2.91. The Bertz CT molecular complexity index is 599. The van der Waals surface area contributed by atoms with Gasteiger partial charge in [-0.15, -0.1) is 0 Å². The second-order valence-electron chi connectivity index (χ2n) is 4.92. The molecule has 0 aliphatic rings. The highest BCUT2D eigenvalue weighted by atomic mass is 35.5.